The number of hydrogen-bond donors (Lipinski definition) is 0. The maximum Gasteiger partial charge on any atom is 0.313 e. The molecule has 17 heavy (non-hydrogen) atoms. The predicted molar refractivity (Wildman–Crippen MR) is 67.3 cm³/mol. The maximum atomic E-state index is 11.8. The summed E-state index contributed by atoms with van der Waals surface area (Å²) in [5, 5.41) is 0. The molecule has 0 aliphatic heterocycles. The molecular weight excluding hydrogens is 216 g/mol. The smallest absolute Gasteiger partial charge is 0.313 e. The summed E-state index contributed by atoms with van der Waals surface area (Å²) in [6, 6.07) is 5.76. The summed E-state index contributed by atoms with van der Waals surface area (Å²) >= 11 is 0. The van der Waals surface area contributed by atoms with Crippen LogP contribution in [0.1, 0.15) is 23.5 Å². The van der Waals surface area contributed by atoms with Gasteiger partial charge >= 0.3 is 5.97 Å². The van der Waals surface area contributed by atoms with Crippen LogP contribution in [0.4, 0.5) is 0 Å². The summed E-state index contributed by atoms with van der Waals surface area (Å²) in [7, 11) is 2.98. The van der Waals surface area contributed by atoms with Crippen LogP contribution in [-0.2, 0) is 9.53 Å². The van der Waals surface area contributed by atoms with Crippen molar-refractivity contribution < 1.29 is 14.3 Å². The SMILES string of the molecule is C=CCC(C(=O)OC)c1cc(C)ccc1OC. The number of allylic oxidation sites excluding steroid dienone is 1. The van der Waals surface area contributed by atoms with E-state index in [1.54, 1.807) is 13.2 Å². The number of carbonyl (C=O) groups is 1. The van der Waals surface area contributed by atoms with Crippen LogP contribution in [0.2, 0.25) is 0 Å². The zero-order valence-electron chi connectivity index (χ0n) is 10.5. The lowest BCUT2D eigenvalue weighted by Crippen LogP contribution is -2.14. The number of ether oxygens (including phenoxy) is 2. The molecule has 3 heteroatoms. The molecule has 0 bridgehead atoms. The molecule has 0 spiro atoms. The van der Waals surface area contributed by atoms with Gasteiger partial charge in [-0.05, 0) is 19.4 Å². The van der Waals surface area contributed by atoms with E-state index in [0.717, 1.165) is 11.1 Å². The lowest BCUT2D eigenvalue weighted by atomic mass is 9.93. The van der Waals surface area contributed by atoms with Gasteiger partial charge in [0.25, 0.3) is 0 Å². The van der Waals surface area contributed by atoms with Gasteiger partial charge in [0.05, 0.1) is 20.1 Å². The average Bonchev–Trinajstić information content (AvgIpc) is 2.35. The normalized spacial score (nSPS) is 11.7. The standard InChI is InChI=1S/C14H18O3/c1-5-6-11(14(15)17-4)12-9-10(2)7-8-13(12)16-3/h5,7-9,11H,1,6H2,2-4H3. The third kappa shape index (κ3) is 3.09. The molecule has 0 radical (unpaired) electrons. The Morgan fingerprint density at radius 3 is 2.71 bits per heavy atom. The van der Waals surface area contributed by atoms with Crippen molar-refractivity contribution in [3.8, 4) is 5.75 Å². The molecule has 1 aromatic carbocycles. The number of esters is 1. The minimum Gasteiger partial charge on any atom is -0.496 e. The lowest BCUT2D eigenvalue weighted by Gasteiger charge is -2.17. The number of benzene rings is 1. The van der Waals surface area contributed by atoms with E-state index in [1.165, 1.54) is 7.11 Å². The first-order chi connectivity index (χ1) is 8.13. The van der Waals surface area contributed by atoms with E-state index in [0.29, 0.717) is 12.2 Å². The van der Waals surface area contributed by atoms with Crippen molar-refractivity contribution >= 4 is 5.97 Å². The Bertz CT molecular complexity index is 410. The molecule has 0 aliphatic carbocycles. The number of rotatable bonds is 5. The number of methoxy groups -OCH3 is 2. The fourth-order valence-corrected chi connectivity index (χ4v) is 1.79. The molecule has 0 heterocycles. The van der Waals surface area contributed by atoms with Crippen LogP contribution < -0.4 is 4.74 Å². The molecular formula is C14H18O3. The van der Waals surface area contributed by atoms with Crippen LogP contribution in [0.5, 0.6) is 5.75 Å². The van der Waals surface area contributed by atoms with Gasteiger partial charge in [-0.3, -0.25) is 4.79 Å². The van der Waals surface area contributed by atoms with Crippen LogP contribution in [0.15, 0.2) is 30.9 Å². The fraction of sp³-hybridized carbons (Fsp3) is 0.357. The molecule has 1 aromatic rings. The summed E-state index contributed by atoms with van der Waals surface area (Å²) in [6.07, 6.45) is 2.25. The highest BCUT2D eigenvalue weighted by molar-refractivity contribution is 5.79. The molecule has 0 aliphatic rings. The van der Waals surface area contributed by atoms with Crippen LogP contribution in [-0.4, -0.2) is 20.2 Å². The molecule has 0 saturated carbocycles. The van der Waals surface area contributed by atoms with Crippen molar-refractivity contribution in [3.63, 3.8) is 0 Å². The van der Waals surface area contributed by atoms with Gasteiger partial charge in [-0.2, -0.15) is 0 Å². The first kappa shape index (κ1) is 13.3. The average molecular weight is 234 g/mol. The second kappa shape index (κ2) is 6.09. The fourth-order valence-electron chi connectivity index (χ4n) is 1.79. The Balaban J connectivity index is 3.20. The van der Waals surface area contributed by atoms with Gasteiger partial charge in [0, 0.05) is 5.56 Å². The highest BCUT2D eigenvalue weighted by atomic mass is 16.5. The Hall–Kier alpha value is -1.77. The van der Waals surface area contributed by atoms with E-state index >= 15 is 0 Å². The molecule has 1 rings (SSSR count). The lowest BCUT2D eigenvalue weighted by molar-refractivity contribution is -0.142. The Kier molecular flexibility index (Phi) is 4.76. The van der Waals surface area contributed by atoms with Crippen molar-refractivity contribution in [2.75, 3.05) is 14.2 Å². The van der Waals surface area contributed by atoms with E-state index < -0.39 is 0 Å². The van der Waals surface area contributed by atoms with Gasteiger partial charge in [-0.15, -0.1) is 6.58 Å². The third-order valence-electron chi connectivity index (χ3n) is 2.65. The first-order valence-corrected chi connectivity index (χ1v) is 5.47. The number of carbonyl (C=O) groups excluding carboxylic acids is 1. The van der Waals surface area contributed by atoms with E-state index in [-0.39, 0.29) is 11.9 Å². The third-order valence-corrected chi connectivity index (χ3v) is 2.65. The van der Waals surface area contributed by atoms with E-state index in [1.807, 2.05) is 25.1 Å². The monoisotopic (exact) mass is 234 g/mol. The second-order valence-corrected chi connectivity index (χ2v) is 3.85. The van der Waals surface area contributed by atoms with Crippen molar-refractivity contribution in [1.82, 2.24) is 0 Å². The van der Waals surface area contributed by atoms with Crippen molar-refractivity contribution in [3.05, 3.63) is 42.0 Å². The van der Waals surface area contributed by atoms with E-state index in [9.17, 15) is 4.79 Å². The minimum absolute atomic E-state index is 0.270. The van der Waals surface area contributed by atoms with Crippen molar-refractivity contribution in [2.24, 2.45) is 0 Å². The Labute approximate surface area is 102 Å². The highest BCUT2D eigenvalue weighted by Gasteiger charge is 2.23. The summed E-state index contributed by atoms with van der Waals surface area (Å²) in [5.74, 6) is 0.0778. The van der Waals surface area contributed by atoms with Gasteiger partial charge < -0.3 is 9.47 Å². The molecule has 0 fully saturated rings. The molecule has 1 unspecified atom stereocenters. The van der Waals surface area contributed by atoms with Crippen LogP contribution in [0.3, 0.4) is 0 Å². The van der Waals surface area contributed by atoms with Crippen LogP contribution in [0, 0.1) is 6.92 Å². The summed E-state index contributed by atoms with van der Waals surface area (Å²) < 4.78 is 10.1. The molecule has 3 nitrogen and oxygen atoms in total. The molecule has 0 amide bonds. The zero-order valence-corrected chi connectivity index (χ0v) is 10.5. The number of aryl methyl sites for hydroxylation is 1. The van der Waals surface area contributed by atoms with Crippen molar-refractivity contribution in [1.29, 1.82) is 0 Å². The van der Waals surface area contributed by atoms with Gasteiger partial charge in [0.2, 0.25) is 0 Å². The van der Waals surface area contributed by atoms with Crippen LogP contribution in [0.25, 0.3) is 0 Å². The molecule has 0 N–H and O–H groups in total. The van der Waals surface area contributed by atoms with Crippen LogP contribution >= 0.6 is 0 Å². The number of hydrogen-bond acceptors (Lipinski definition) is 3. The minimum atomic E-state index is -0.354. The zero-order chi connectivity index (χ0) is 12.8. The summed E-state index contributed by atoms with van der Waals surface area (Å²) in [4.78, 5) is 11.8. The summed E-state index contributed by atoms with van der Waals surface area (Å²) in [6.45, 7) is 5.65. The predicted octanol–water partition coefficient (Wildman–Crippen LogP) is 2.84. The second-order valence-electron chi connectivity index (χ2n) is 3.85. The van der Waals surface area contributed by atoms with E-state index in [4.69, 9.17) is 9.47 Å². The Morgan fingerprint density at radius 1 is 1.47 bits per heavy atom. The molecule has 92 valence electrons. The van der Waals surface area contributed by atoms with Crippen molar-refractivity contribution in [2.45, 2.75) is 19.3 Å². The van der Waals surface area contributed by atoms with Gasteiger partial charge in [-0.1, -0.05) is 23.8 Å². The summed E-state index contributed by atoms with van der Waals surface area (Å²) in [5.41, 5.74) is 1.93. The topological polar surface area (TPSA) is 35.5 Å². The highest BCUT2D eigenvalue weighted by Crippen LogP contribution is 2.31. The van der Waals surface area contributed by atoms with Gasteiger partial charge in [0.15, 0.2) is 0 Å². The largest absolute Gasteiger partial charge is 0.496 e. The van der Waals surface area contributed by atoms with E-state index in [2.05, 4.69) is 6.58 Å². The van der Waals surface area contributed by atoms with Gasteiger partial charge in [-0.25, -0.2) is 0 Å². The quantitative estimate of drug-likeness (QED) is 0.580. The van der Waals surface area contributed by atoms with Gasteiger partial charge in [0.1, 0.15) is 5.75 Å². The molecule has 0 saturated heterocycles. The molecule has 1 atom stereocenters. The first-order valence-electron chi connectivity index (χ1n) is 5.47. The maximum absolute atomic E-state index is 11.8. The Morgan fingerprint density at radius 2 is 2.18 bits per heavy atom. The molecule has 0 aromatic heterocycles.